The third kappa shape index (κ3) is 2.52. The maximum atomic E-state index is 14.3. The molecular weight excluding hydrogens is 297 g/mol. The molecule has 0 bridgehead atoms. The average Bonchev–Trinajstić information content (AvgIpc) is 2.59. The van der Waals surface area contributed by atoms with E-state index in [9.17, 15) is 4.39 Å². The molecule has 2 aromatic rings. The monoisotopic (exact) mass is 315 g/mol. The number of nitrogens with zero attached hydrogens (tertiary/aromatic N) is 1. The van der Waals surface area contributed by atoms with Gasteiger partial charge in [-0.2, -0.15) is 0 Å². The molecule has 0 unspecified atom stereocenters. The van der Waals surface area contributed by atoms with Crippen LogP contribution in [0.15, 0.2) is 35.3 Å². The Morgan fingerprint density at radius 1 is 1.00 bits per heavy atom. The molecule has 5 heteroatoms. The molecule has 0 atom stereocenters. The smallest absolute Gasteiger partial charge is 0.203 e. The van der Waals surface area contributed by atoms with E-state index in [1.54, 1.807) is 39.5 Å². The summed E-state index contributed by atoms with van der Waals surface area (Å²) in [6.07, 6.45) is 0.740. The van der Waals surface area contributed by atoms with Crippen LogP contribution in [0.4, 0.5) is 4.39 Å². The van der Waals surface area contributed by atoms with Crippen LogP contribution in [0.25, 0.3) is 0 Å². The largest absolute Gasteiger partial charge is 0.493 e. The van der Waals surface area contributed by atoms with E-state index in [0.717, 1.165) is 17.5 Å². The number of halogens is 1. The molecule has 1 heterocycles. The Labute approximate surface area is 134 Å². The summed E-state index contributed by atoms with van der Waals surface area (Å²) < 4.78 is 30.6. The second kappa shape index (κ2) is 6.28. The highest BCUT2D eigenvalue weighted by Gasteiger charge is 2.27. The highest BCUT2D eigenvalue weighted by Crippen LogP contribution is 2.44. The minimum absolute atomic E-state index is 0.309. The lowest BCUT2D eigenvalue weighted by Gasteiger charge is -2.23. The number of rotatable bonds is 4. The van der Waals surface area contributed by atoms with Crippen molar-refractivity contribution in [2.24, 2.45) is 4.99 Å². The van der Waals surface area contributed by atoms with E-state index in [4.69, 9.17) is 14.2 Å². The zero-order chi connectivity index (χ0) is 16.4. The highest BCUT2D eigenvalue weighted by molar-refractivity contribution is 6.16. The zero-order valence-electron chi connectivity index (χ0n) is 13.4. The molecule has 120 valence electrons. The van der Waals surface area contributed by atoms with Gasteiger partial charge in [-0.25, -0.2) is 4.39 Å². The molecule has 0 saturated carbocycles. The number of benzene rings is 2. The number of ether oxygens (including phenoxy) is 3. The Hall–Kier alpha value is -2.56. The van der Waals surface area contributed by atoms with Crippen molar-refractivity contribution in [3.05, 3.63) is 52.8 Å². The second-order valence-corrected chi connectivity index (χ2v) is 5.14. The van der Waals surface area contributed by atoms with Gasteiger partial charge in [0, 0.05) is 17.7 Å². The lowest BCUT2D eigenvalue weighted by molar-refractivity contribution is 0.323. The molecule has 2 aromatic carbocycles. The fourth-order valence-electron chi connectivity index (χ4n) is 2.90. The van der Waals surface area contributed by atoms with Gasteiger partial charge in [-0.3, -0.25) is 4.99 Å². The first kappa shape index (κ1) is 15.3. The van der Waals surface area contributed by atoms with Crippen molar-refractivity contribution < 1.29 is 18.6 Å². The van der Waals surface area contributed by atoms with Gasteiger partial charge >= 0.3 is 0 Å². The molecule has 1 aliphatic rings. The quantitative estimate of drug-likeness (QED) is 0.869. The fourth-order valence-corrected chi connectivity index (χ4v) is 2.90. The summed E-state index contributed by atoms with van der Waals surface area (Å²) in [6, 6.07) is 8.52. The lowest BCUT2D eigenvalue weighted by atomic mass is 9.91. The number of hydrogen-bond donors (Lipinski definition) is 0. The number of hydrogen-bond acceptors (Lipinski definition) is 4. The van der Waals surface area contributed by atoms with Gasteiger partial charge in [0.25, 0.3) is 0 Å². The van der Waals surface area contributed by atoms with Gasteiger partial charge in [-0.05, 0) is 30.2 Å². The van der Waals surface area contributed by atoms with Gasteiger partial charge < -0.3 is 14.2 Å². The van der Waals surface area contributed by atoms with Crippen LogP contribution in [0.5, 0.6) is 17.2 Å². The molecule has 1 aliphatic heterocycles. The lowest BCUT2D eigenvalue weighted by Crippen LogP contribution is -2.17. The molecule has 0 fully saturated rings. The third-order valence-electron chi connectivity index (χ3n) is 3.93. The standard InChI is InChI=1S/C18H18FNO3/c1-21-14-10-11-8-9-20-16(12-6-4-5-7-13(12)19)15(11)18(23-3)17(14)22-2/h4-7,10H,8-9H2,1-3H3. The number of fused-ring (bicyclic) bond motifs is 1. The van der Waals surface area contributed by atoms with E-state index < -0.39 is 0 Å². The Morgan fingerprint density at radius 2 is 1.74 bits per heavy atom. The van der Waals surface area contributed by atoms with E-state index in [1.807, 2.05) is 6.07 Å². The van der Waals surface area contributed by atoms with Gasteiger partial charge in [-0.15, -0.1) is 0 Å². The van der Waals surface area contributed by atoms with Crippen LogP contribution >= 0.6 is 0 Å². The maximum Gasteiger partial charge on any atom is 0.203 e. The molecule has 0 saturated heterocycles. The van der Waals surface area contributed by atoms with Gasteiger partial charge in [0.05, 0.1) is 27.0 Å². The SMILES string of the molecule is COc1cc2c(c(OC)c1OC)C(c1ccccc1F)=NCC2. The first-order chi connectivity index (χ1) is 11.2. The summed E-state index contributed by atoms with van der Waals surface area (Å²) in [5.74, 6) is 1.29. The number of aliphatic imine (C=N–C) groups is 1. The van der Waals surface area contributed by atoms with Gasteiger partial charge in [-0.1, -0.05) is 12.1 Å². The van der Waals surface area contributed by atoms with Crippen molar-refractivity contribution >= 4 is 5.71 Å². The Morgan fingerprint density at radius 3 is 2.39 bits per heavy atom. The normalized spacial score (nSPS) is 13.1. The minimum Gasteiger partial charge on any atom is -0.493 e. The van der Waals surface area contributed by atoms with Gasteiger partial charge in [0.2, 0.25) is 5.75 Å². The molecule has 23 heavy (non-hydrogen) atoms. The summed E-state index contributed by atoms with van der Waals surface area (Å²) in [6.45, 7) is 0.593. The molecule has 0 aliphatic carbocycles. The van der Waals surface area contributed by atoms with Crippen molar-refractivity contribution in [3.63, 3.8) is 0 Å². The Bertz CT molecular complexity index is 771. The Kier molecular flexibility index (Phi) is 4.19. The van der Waals surface area contributed by atoms with Crippen molar-refractivity contribution in [3.8, 4) is 17.2 Å². The molecule has 0 amide bonds. The van der Waals surface area contributed by atoms with Gasteiger partial charge in [0.15, 0.2) is 11.5 Å². The van der Waals surface area contributed by atoms with Crippen LogP contribution in [0, 0.1) is 5.82 Å². The molecule has 0 radical (unpaired) electrons. The summed E-state index contributed by atoms with van der Waals surface area (Å²) in [5.41, 5.74) is 2.82. The molecule has 0 aromatic heterocycles. The van der Waals surface area contributed by atoms with Crippen LogP contribution in [0.1, 0.15) is 16.7 Å². The summed E-state index contributed by atoms with van der Waals surface area (Å²) >= 11 is 0. The van der Waals surface area contributed by atoms with E-state index >= 15 is 0 Å². The third-order valence-corrected chi connectivity index (χ3v) is 3.93. The summed E-state index contributed by atoms with van der Waals surface area (Å²) in [4.78, 5) is 4.54. The van der Waals surface area contributed by atoms with Crippen molar-refractivity contribution in [1.29, 1.82) is 0 Å². The Balaban J connectivity index is 2.28. The summed E-state index contributed by atoms with van der Waals surface area (Å²) in [5, 5.41) is 0. The first-order valence-corrected chi connectivity index (χ1v) is 7.32. The van der Waals surface area contributed by atoms with Crippen molar-refractivity contribution in [1.82, 2.24) is 0 Å². The van der Waals surface area contributed by atoms with Crippen molar-refractivity contribution in [2.45, 2.75) is 6.42 Å². The van der Waals surface area contributed by atoms with Crippen molar-refractivity contribution in [2.75, 3.05) is 27.9 Å². The zero-order valence-corrected chi connectivity index (χ0v) is 13.4. The van der Waals surface area contributed by atoms with Crippen LogP contribution < -0.4 is 14.2 Å². The fraction of sp³-hybridized carbons (Fsp3) is 0.278. The predicted molar refractivity (Wildman–Crippen MR) is 86.7 cm³/mol. The van der Waals surface area contributed by atoms with E-state index in [2.05, 4.69) is 4.99 Å². The molecular formula is C18H18FNO3. The number of methoxy groups -OCH3 is 3. The van der Waals surface area contributed by atoms with Crippen LogP contribution in [-0.2, 0) is 6.42 Å². The van der Waals surface area contributed by atoms with Gasteiger partial charge in [0.1, 0.15) is 5.82 Å². The molecule has 0 spiro atoms. The highest BCUT2D eigenvalue weighted by atomic mass is 19.1. The van der Waals surface area contributed by atoms with E-state index in [0.29, 0.717) is 35.1 Å². The topological polar surface area (TPSA) is 40.0 Å². The van der Waals surface area contributed by atoms with Crippen LogP contribution in [0.2, 0.25) is 0 Å². The van der Waals surface area contributed by atoms with Crippen LogP contribution in [0.3, 0.4) is 0 Å². The molecule has 3 rings (SSSR count). The molecule has 0 N–H and O–H groups in total. The minimum atomic E-state index is -0.309. The summed E-state index contributed by atoms with van der Waals surface area (Å²) in [7, 11) is 4.69. The van der Waals surface area contributed by atoms with E-state index in [-0.39, 0.29) is 5.82 Å². The predicted octanol–water partition coefficient (Wildman–Crippen LogP) is 3.25. The average molecular weight is 315 g/mol. The molecule has 4 nitrogen and oxygen atoms in total. The van der Waals surface area contributed by atoms with Crippen LogP contribution in [-0.4, -0.2) is 33.6 Å². The first-order valence-electron chi connectivity index (χ1n) is 7.32. The maximum absolute atomic E-state index is 14.3. The van der Waals surface area contributed by atoms with E-state index in [1.165, 1.54) is 6.07 Å². The second-order valence-electron chi connectivity index (χ2n) is 5.14.